The zero-order valence-electron chi connectivity index (χ0n) is 8.41. The molecule has 1 aliphatic carbocycles. The zero-order valence-corrected chi connectivity index (χ0v) is 8.41. The highest BCUT2D eigenvalue weighted by Gasteiger charge is 2.26. The number of carbonyl (C=O) groups is 1. The molecular weight excluding hydrogens is 168 g/mol. The van der Waals surface area contributed by atoms with Gasteiger partial charge in [-0.1, -0.05) is 12.8 Å². The molecule has 3 nitrogen and oxygen atoms in total. The van der Waals surface area contributed by atoms with Crippen LogP contribution in [0.1, 0.15) is 32.1 Å². The van der Waals surface area contributed by atoms with Crippen LogP contribution in [0.25, 0.3) is 0 Å². The topological polar surface area (TPSA) is 35.5 Å². The lowest BCUT2D eigenvalue weighted by Crippen LogP contribution is -2.28. The van der Waals surface area contributed by atoms with Gasteiger partial charge in [-0.2, -0.15) is 0 Å². The van der Waals surface area contributed by atoms with Crippen LogP contribution in [0.15, 0.2) is 0 Å². The van der Waals surface area contributed by atoms with Crippen molar-refractivity contribution in [2.45, 2.75) is 38.2 Å². The second-order valence-electron chi connectivity index (χ2n) is 3.60. The molecule has 1 fully saturated rings. The number of hydrogen-bond donors (Lipinski definition) is 0. The molecule has 0 aromatic heterocycles. The summed E-state index contributed by atoms with van der Waals surface area (Å²) in [6.45, 7) is 0. The van der Waals surface area contributed by atoms with Crippen LogP contribution in [0.2, 0.25) is 0 Å². The summed E-state index contributed by atoms with van der Waals surface area (Å²) in [6.07, 6.45) is 5.37. The van der Waals surface area contributed by atoms with Crippen molar-refractivity contribution < 1.29 is 14.3 Å². The predicted molar refractivity (Wildman–Crippen MR) is 49.4 cm³/mol. The maximum absolute atomic E-state index is 11.1. The summed E-state index contributed by atoms with van der Waals surface area (Å²) < 4.78 is 9.99. The lowest BCUT2D eigenvalue weighted by atomic mass is 9.84. The first-order chi connectivity index (χ1) is 6.27. The smallest absolute Gasteiger partial charge is 0.305 e. The standard InChI is InChI=1S/C10H18O3/c1-12-9-6-4-3-5-8(9)7-10(11)13-2/h8-9H,3-7H2,1-2H3. The second-order valence-corrected chi connectivity index (χ2v) is 3.60. The molecule has 0 aliphatic heterocycles. The van der Waals surface area contributed by atoms with Crippen LogP contribution >= 0.6 is 0 Å². The molecule has 0 radical (unpaired) electrons. The van der Waals surface area contributed by atoms with E-state index in [1.807, 2.05) is 0 Å². The first-order valence-corrected chi connectivity index (χ1v) is 4.87. The van der Waals surface area contributed by atoms with E-state index in [1.54, 1.807) is 7.11 Å². The van der Waals surface area contributed by atoms with E-state index in [4.69, 9.17) is 4.74 Å². The summed E-state index contributed by atoms with van der Waals surface area (Å²) in [7, 11) is 3.16. The van der Waals surface area contributed by atoms with E-state index in [1.165, 1.54) is 20.0 Å². The van der Waals surface area contributed by atoms with Crippen LogP contribution in [0.4, 0.5) is 0 Å². The highest BCUT2D eigenvalue weighted by Crippen LogP contribution is 2.28. The average molecular weight is 186 g/mol. The zero-order chi connectivity index (χ0) is 9.68. The number of carbonyl (C=O) groups excluding carboxylic acids is 1. The number of rotatable bonds is 3. The minimum Gasteiger partial charge on any atom is -0.469 e. The first kappa shape index (κ1) is 10.5. The summed E-state index contributed by atoms with van der Waals surface area (Å²) in [5.74, 6) is 0.250. The molecule has 0 saturated heterocycles. The summed E-state index contributed by atoms with van der Waals surface area (Å²) in [5.41, 5.74) is 0. The Kier molecular flexibility index (Phi) is 4.22. The van der Waals surface area contributed by atoms with Gasteiger partial charge in [-0.15, -0.1) is 0 Å². The van der Waals surface area contributed by atoms with E-state index < -0.39 is 0 Å². The molecule has 0 amide bonds. The van der Waals surface area contributed by atoms with Crippen molar-refractivity contribution in [2.75, 3.05) is 14.2 Å². The molecule has 0 N–H and O–H groups in total. The quantitative estimate of drug-likeness (QED) is 0.630. The molecule has 2 atom stereocenters. The van der Waals surface area contributed by atoms with Gasteiger partial charge >= 0.3 is 5.97 Å². The summed E-state index contributed by atoms with van der Waals surface area (Å²) in [5, 5.41) is 0. The molecule has 76 valence electrons. The Labute approximate surface area is 79.4 Å². The van der Waals surface area contributed by atoms with E-state index >= 15 is 0 Å². The number of esters is 1. The van der Waals surface area contributed by atoms with Gasteiger partial charge in [-0.25, -0.2) is 0 Å². The molecule has 0 spiro atoms. The molecule has 0 aromatic rings. The molecule has 3 heteroatoms. The minimum absolute atomic E-state index is 0.117. The van der Waals surface area contributed by atoms with Crippen molar-refractivity contribution in [3.63, 3.8) is 0 Å². The Bertz CT molecular complexity index is 168. The molecule has 1 rings (SSSR count). The van der Waals surface area contributed by atoms with Crippen molar-refractivity contribution in [1.82, 2.24) is 0 Å². The van der Waals surface area contributed by atoms with E-state index in [9.17, 15) is 4.79 Å². The van der Waals surface area contributed by atoms with Gasteiger partial charge in [-0.3, -0.25) is 4.79 Å². The molecular formula is C10H18O3. The van der Waals surface area contributed by atoms with E-state index in [0.717, 1.165) is 12.8 Å². The Morgan fingerprint density at radius 1 is 1.31 bits per heavy atom. The average Bonchev–Trinajstić information content (AvgIpc) is 2.18. The Hall–Kier alpha value is -0.570. The number of hydrogen-bond acceptors (Lipinski definition) is 3. The van der Waals surface area contributed by atoms with Crippen LogP contribution in [-0.2, 0) is 14.3 Å². The molecule has 1 saturated carbocycles. The molecule has 1 aliphatic rings. The predicted octanol–water partition coefficient (Wildman–Crippen LogP) is 1.75. The molecule has 0 aromatic carbocycles. The fourth-order valence-corrected chi connectivity index (χ4v) is 2.01. The Balaban J connectivity index is 2.40. The van der Waals surface area contributed by atoms with Gasteiger partial charge in [0.1, 0.15) is 0 Å². The van der Waals surface area contributed by atoms with Crippen LogP contribution in [0.3, 0.4) is 0 Å². The van der Waals surface area contributed by atoms with E-state index in [-0.39, 0.29) is 12.1 Å². The summed E-state index contributed by atoms with van der Waals surface area (Å²) in [4.78, 5) is 11.1. The van der Waals surface area contributed by atoms with Gasteiger partial charge in [0.2, 0.25) is 0 Å². The van der Waals surface area contributed by atoms with Crippen LogP contribution in [0.5, 0.6) is 0 Å². The monoisotopic (exact) mass is 186 g/mol. The highest BCUT2D eigenvalue weighted by atomic mass is 16.5. The highest BCUT2D eigenvalue weighted by molar-refractivity contribution is 5.69. The van der Waals surface area contributed by atoms with Gasteiger partial charge in [0.05, 0.1) is 19.6 Å². The van der Waals surface area contributed by atoms with Crippen LogP contribution in [0, 0.1) is 5.92 Å². The third-order valence-corrected chi connectivity index (χ3v) is 2.80. The van der Waals surface area contributed by atoms with Crippen LogP contribution in [-0.4, -0.2) is 26.3 Å². The third-order valence-electron chi connectivity index (χ3n) is 2.80. The molecule has 2 unspecified atom stereocenters. The molecule has 0 heterocycles. The van der Waals surface area contributed by atoms with Gasteiger partial charge in [0.25, 0.3) is 0 Å². The van der Waals surface area contributed by atoms with Crippen molar-refractivity contribution in [3.05, 3.63) is 0 Å². The maximum Gasteiger partial charge on any atom is 0.305 e. The number of ether oxygens (including phenoxy) is 2. The van der Waals surface area contributed by atoms with Crippen molar-refractivity contribution in [3.8, 4) is 0 Å². The fourth-order valence-electron chi connectivity index (χ4n) is 2.01. The maximum atomic E-state index is 11.1. The van der Waals surface area contributed by atoms with Gasteiger partial charge in [0.15, 0.2) is 0 Å². The van der Waals surface area contributed by atoms with E-state index in [0.29, 0.717) is 12.3 Å². The van der Waals surface area contributed by atoms with Crippen molar-refractivity contribution in [1.29, 1.82) is 0 Å². The van der Waals surface area contributed by atoms with Gasteiger partial charge < -0.3 is 9.47 Å². The van der Waals surface area contributed by atoms with Crippen molar-refractivity contribution in [2.24, 2.45) is 5.92 Å². The summed E-state index contributed by atoms with van der Waals surface area (Å²) >= 11 is 0. The Morgan fingerprint density at radius 3 is 2.62 bits per heavy atom. The lowest BCUT2D eigenvalue weighted by molar-refractivity contribution is -0.143. The third kappa shape index (κ3) is 2.99. The normalized spacial score (nSPS) is 28.5. The lowest BCUT2D eigenvalue weighted by Gasteiger charge is -2.29. The molecule has 0 bridgehead atoms. The van der Waals surface area contributed by atoms with Gasteiger partial charge in [-0.05, 0) is 18.8 Å². The second kappa shape index (κ2) is 5.22. The molecule has 13 heavy (non-hydrogen) atoms. The Morgan fingerprint density at radius 2 is 2.00 bits per heavy atom. The fraction of sp³-hybridized carbons (Fsp3) is 0.900. The summed E-state index contributed by atoms with van der Waals surface area (Å²) in [6, 6.07) is 0. The largest absolute Gasteiger partial charge is 0.469 e. The van der Waals surface area contributed by atoms with Gasteiger partial charge in [0, 0.05) is 7.11 Å². The first-order valence-electron chi connectivity index (χ1n) is 4.87. The number of methoxy groups -OCH3 is 2. The van der Waals surface area contributed by atoms with Crippen LogP contribution < -0.4 is 0 Å². The van der Waals surface area contributed by atoms with E-state index in [2.05, 4.69) is 4.74 Å². The van der Waals surface area contributed by atoms with Crippen molar-refractivity contribution >= 4 is 5.97 Å². The minimum atomic E-state index is -0.117. The SMILES string of the molecule is COC(=O)CC1CCCCC1OC.